The monoisotopic (exact) mass is 473 g/mol. The molecule has 0 aliphatic rings. The van der Waals surface area contributed by atoms with E-state index in [2.05, 4.69) is 4.74 Å². The molecular formula is C25H23N5O5. The van der Waals surface area contributed by atoms with E-state index >= 15 is 0 Å². The molecular weight excluding hydrogens is 450 g/mol. The normalized spacial score (nSPS) is 11.3. The van der Waals surface area contributed by atoms with Crippen molar-refractivity contribution in [3.8, 4) is 22.7 Å². The number of hydrogen-bond donors (Lipinski definition) is 0. The van der Waals surface area contributed by atoms with Gasteiger partial charge in [-0.3, -0.25) is 23.1 Å². The third kappa shape index (κ3) is 3.50. The first-order valence-corrected chi connectivity index (χ1v) is 11.0. The Kier molecular flexibility index (Phi) is 5.48. The van der Waals surface area contributed by atoms with E-state index in [4.69, 9.17) is 9.72 Å². The van der Waals surface area contributed by atoms with Crippen LogP contribution in [0.15, 0.2) is 70.4 Å². The number of imidazole rings is 2. The lowest BCUT2D eigenvalue weighted by Crippen LogP contribution is -2.41. The minimum Gasteiger partial charge on any atom is -0.492 e. The van der Waals surface area contributed by atoms with E-state index in [0.29, 0.717) is 18.1 Å². The Morgan fingerprint density at radius 3 is 2.46 bits per heavy atom. The topological polar surface area (TPSA) is 102 Å². The van der Waals surface area contributed by atoms with Gasteiger partial charge in [-0.25, -0.2) is 9.36 Å². The second-order valence-corrected chi connectivity index (χ2v) is 7.88. The molecule has 0 fully saturated rings. The van der Waals surface area contributed by atoms with E-state index in [9.17, 15) is 14.4 Å². The number of carbonyl (C=O) groups excluding carboxylic acids is 1. The lowest BCUT2D eigenvalue weighted by atomic mass is 10.1. The second-order valence-electron chi connectivity index (χ2n) is 7.88. The molecule has 178 valence electrons. The summed E-state index contributed by atoms with van der Waals surface area (Å²) in [5.41, 5.74) is 1.51. The van der Waals surface area contributed by atoms with Crippen molar-refractivity contribution in [1.29, 1.82) is 0 Å². The summed E-state index contributed by atoms with van der Waals surface area (Å²) in [5.74, 6) is 0.376. The Labute approximate surface area is 199 Å². The zero-order chi connectivity index (χ0) is 24.7. The van der Waals surface area contributed by atoms with Gasteiger partial charge in [0.15, 0.2) is 11.2 Å². The molecule has 0 N–H and O–H groups in total. The van der Waals surface area contributed by atoms with Gasteiger partial charge in [0.1, 0.15) is 12.3 Å². The van der Waals surface area contributed by atoms with Gasteiger partial charge in [-0.15, -0.1) is 0 Å². The van der Waals surface area contributed by atoms with Crippen molar-refractivity contribution in [2.75, 3.05) is 13.7 Å². The molecule has 0 amide bonds. The molecule has 0 unspecified atom stereocenters. The number of aromatic nitrogens is 5. The van der Waals surface area contributed by atoms with Gasteiger partial charge in [0.2, 0.25) is 5.78 Å². The number of carbonyl (C=O) groups is 1. The Morgan fingerprint density at radius 2 is 1.74 bits per heavy atom. The van der Waals surface area contributed by atoms with Crippen molar-refractivity contribution in [2.45, 2.75) is 13.5 Å². The fourth-order valence-corrected chi connectivity index (χ4v) is 4.20. The van der Waals surface area contributed by atoms with Crippen LogP contribution in [-0.2, 0) is 23.1 Å². The summed E-state index contributed by atoms with van der Waals surface area (Å²) in [6, 6.07) is 17.2. The Morgan fingerprint density at radius 1 is 1.03 bits per heavy atom. The molecule has 2 aromatic carbocycles. The van der Waals surface area contributed by atoms with Crippen LogP contribution in [0.25, 0.3) is 33.9 Å². The summed E-state index contributed by atoms with van der Waals surface area (Å²) in [7, 11) is 2.72. The predicted octanol–water partition coefficient (Wildman–Crippen LogP) is 2.38. The third-order valence-electron chi connectivity index (χ3n) is 5.84. The van der Waals surface area contributed by atoms with Crippen LogP contribution in [0.2, 0.25) is 0 Å². The summed E-state index contributed by atoms with van der Waals surface area (Å²) < 4.78 is 16.2. The van der Waals surface area contributed by atoms with Gasteiger partial charge < -0.3 is 9.47 Å². The van der Waals surface area contributed by atoms with Gasteiger partial charge in [-0.2, -0.15) is 4.98 Å². The summed E-state index contributed by atoms with van der Waals surface area (Å²) in [5, 5.41) is 0. The highest BCUT2D eigenvalue weighted by Crippen LogP contribution is 2.32. The molecule has 0 atom stereocenters. The maximum Gasteiger partial charge on any atom is 0.333 e. The maximum absolute atomic E-state index is 13.4. The van der Waals surface area contributed by atoms with Crippen LogP contribution < -0.4 is 16.0 Å². The van der Waals surface area contributed by atoms with Gasteiger partial charge in [-0.1, -0.05) is 42.5 Å². The number of nitrogens with zero attached hydrogens (tertiary/aromatic N) is 5. The smallest absolute Gasteiger partial charge is 0.333 e. The predicted molar refractivity (Wildman–Crippen MR) is 130 cm³/mol. The van der Waals surface area contributed by atoms with Crippen LogP contribution in [0, 0.1) is 0 Å². The van der Waals surface area contributed by atoms with Crippen LogP contribution in [0.1, 0.15) is 6.92 Å². The molecule has 5 aromatic rings. The lowest BCUT2D eigenvalue weighted by Gasteiger charge is -2.14. The van der Waals surface area contributed by atoms with Crippen molar-refractivity contribution in [3.63, 3.8) is 0 Å². The molecule has 0 aliphatic carbocycles. The number of benzene rings is 2. The highest BCUT2D eigenvalue weighted by atomic mass is 16.5. The molecule has 10 nitrogen and oxygen atoms in total. The molecule has 35 heavy (non-hydrogen) atoms. The van der Waals surface area contributed by atoms with E-state index < -0.39 is 23.8 Å². The average Bonchev–Trinajstić information content (AvgIpc) is 3.43. The lowest BCUT2D eigenvalue weighted by molar-refractivity contribution is -0.141. The van der Waals surface area contributed by atoms with E-state index in [0.717, 1.165) is 21.5 Å². The van der Waals surface area contributed by atoms with Gasteiger partial charge in [0.05, 0.1) is 25.1 Å². The summed E-state index contributed by atoms with van der Waals surface area (Å²) in [6.45, 7) is 1.88. The van der Waals surface area contributed by atoms with E-state index in [1.165, 1.54) is 18.7 Å². The third-order valence-corrected chi connectivity index (χ3v) is 5.84. The largest absolute Gasteiger partial charge is 0.492 e. The molecule has 3 heterocycles. The van der Waals surface area contributed by atoms with Gasteiger partial charge in [0, 0.05) is 18.8 Å². The van der Waals surface area contributed by atoms with E-state index in [1.54, 1.807) is 10.6 Å². The number of rotatable bonds is 6. The highest BCUT2D eigenvalue weighted by molar-refractivity contribution is 5.80. The highest BCUT2D eigenvalue weighted by Gasteiger charge is 2.24. The number of fused-ring (bicyclic) bond motifs is 3. The number of aryl methyl sites for hydroxylation is 1. The number of esters is 1. The summed E-state index contributed by atoms with van der Waals surface area (Å²) >= 11 is 0. The Bertz CT molecular complexity index is 1690. The molecule has 0 saturated carbocycles. The van der Waals surface area contributed by atoms with Crippen molar-refractivity contribution >= 4 is 22.9 Å². The summed E-state index contributed by atoms with van der Waals surface area (Å²) in [6.07, 6.45) is 1.80. The van der Waals surface area contributed by atoms with Crippen LogP contribution in [0.4, 0.5) is 0 Å². The first-order valence-electron chi connectivity index (χ1n) is 11.0. The standard InChI is InChI=1S/C25H23N5O5/c1-4-35-19-13-9-8-12-17(19)30-18(16-10-6-5-7-11-16)14-28-21-22(26-24(28)30)27(2)25(33)29(23(21)32)15-20(31)34-3/h5-14H,4,15H2,1-3H3. The number of para-hydroxylation sites is 2. The van der Waals surface area contributed by atoms with Crippen molar-refractivity contribution < 1.29 is 14.3 Å². The molecule has 3 aromatic heterocycles. The molecule has 0 saturated heterocycles. The zero-order valence-corrected chi connectivity index (χ0v) is 19.5. The number of methoxy groups -OCH3 is 1. The van der Waals surface area contributed by atoms with E-state index in [-0.39, 0.29) is 11.2 Å². The van der Waals surface area contributed by atoms with Crippen molar-refractivity contribution in [3.05, 3.63) is 81.6 Å². The molecule has 0 spiro atoms. The quantitative estimate of drug-likeness (QED) is 0.351. The maximum atomic E-state index is 13.4. The average molecular weight is 473 g/mol. The Balaban J connectivity index is 1.91. The fourth-order valence-electron chi connectivity index (χ4n) is 4.20. The van der Waals surface area contributed by atoms with Crippen molar-refractivity contribution in [1.82, 2.24) is 23.1 Å². The number of ether oxygens (including phenoxy) is 2. The van der Waals surface area contributed by atoms with Gasteiger partial charge in [-0.05, 0) is 19.1 Å². The molecule has 10 heteroatoms. The summed E-state index contributed by atoms with van der Waals surface area (Å²) in [4.78, 5) is 42.9. The van der Waals surface area contributed by atoms with Gasteiger partial charge >= 0.3 is 11.7 Å². The van der Waals surface area contributed by atoms with Crippen LogP contribution in [0.5, 0.6) is 5.75 Å². The zero-order valence-electron chi connectivity index (χ0n) is 19.5. The number of hydrogen-bond acceptors (Lipinski definition) is 6. The molecule has 0 bridgehead atoms. The second kappa shape index (κ2) is 8.64. The van der Waals surface area contributed by atoms with Crippen LogP contribution in [0.3, 0.4) is 0 Å². The van der Waals surface area contributed by atoms with Crippen LogP contribution in [-0.4, -0.2) is 42.8 Å². The molecule has 0 aliphatic heterocycles. The fraction of sp³-hybridized carbons (Fsp3) is 0.200. The SMILES string of the molecule is CCOc1ccccc1-n1c(-c2ccccc2)cn2c3c(=O)n(CC(=O)OC)c(=O)n(C)c3nc12. The van der Waals surface area contributed by atoms with Crippen molar-refractivity contribution in [2.24, 2.45) is 7.05 Å². The Hall–Kier alpha value is -4.60. The molecule has 5 rings (SSSR count). The first-order chi connectivity index (χ1) is 17.0. The minimum atomic E-state index is -0.697. The van der Waals surface area contributed by atoms with Gasteiger partial charge in [0.25, 0.3) is 5.56 Å². The minimum absolute atomic E-state index is 0.177. The first kappa shape index (κ1) is 22.2. The van der Waals surface area contributed by atoms with E-state index in [1.807, 2.05) is 66.1 Å². The molecule has 0 radical (unpaired) electrons. The van der Waals surface area contributed by atoms with Crippen LogP contribution >= 0.6 is 0 Å².